The second-order valence-corrected chi connectivity index (χ2v) is 21.6. The molecule has 2 aliphatic heterocycles. The zero-order chi connectivity index (χ0) is 54.5. The van der Waals surface area contributed by atoms with E-state index in [2.05, 4.69) is 93.3 Å². The average Bonchev–Trinajstić information content (AvgIpc) is 4.07. The fraction of sp³-hybridized carbons (Fsp3) is 0.438. The highest BCUT2D eigenvalue weighted by Gasteiger charge is 2.35. The Labute approximate surface area is 469 Å². The number of nitrogens with zero attached hydrogens (tertiary/aromatic N) is 2. The summed E-state index contributed by atoms with van der Waals surface area (Å²) in [5.41, 5.74) is 5.29. The molecule has 8 rings (SSSR count). The number of thiophene rings is 2. The summed E-state index contributed by atoms with van der Waals surface area (Å²) in [6, 6.07) is 31.2. The van der Waals surface area contributed by atoms with Crippen molar-refractivity contribution in [2.24, 2.45) is 0 Å². The number of hydrogen-bond acceptors (Lipinski definition) is 13. The van der Waals surface area contributed by atoms with E-state index >= 15 is 0 Å². The van der Waals surface area contributed by atoms with Gasteiger partial charge in [-0.1, -0.05) is 129 Å². The van der Waals surface area contributed by atoms with Crippen LogP contribution >= 0.6 is 22.7 Å². The van der Waals surface area contributed by atoms with E-state index in [0.717, 1.165) is 131 Å². The van der Waals surface area contributed by atoms with E-state index in [1.54, 1.807) is 6.07 Å². The molecule has 0 spiro atoms. The van der Waals surface area contributed by atoms with E-state index in [-0.39, 0.29) is 6.61 Å². The van der Waals surface area contributed by atoms with E-state index < -0.39 is 11.5 Å². The van der Waals surface area contributed by atoms with Gasteiger partial charge < -0.3 is 43.0 Å². The number of fused-ring (bicyclic) bond motifs is 2. The summed E-state index contributed by atoms with van der Waals surface area (Å²) < 4.78 is 51.1. The lowest BCUT2D eigenvalue weighted by molar-refractivity contribution is -0.132. The largest absolute Gasteiger partial charge is 0.493 e. The molecule has 0 amide bonds. The van der Waals surface area contributed by atoms with Crippen molar-refractivity contribution >= 4 is 51.1 Å². The maximum absolute atomic E-state index is 12.0. The molecule has 0 fully saturated rings. The van der Waals surface area contributed by atoms with Crippen molar-refractivity contribution in [1.82, 2.24) is 0 Å². The predicted molar refractivity (Wildman–Crippen MR) is 315 cm³/mol. The molecule has 0 saturated heterocycles. The van der Waals surface area contributed by atoms with Gasteiger partial charge in [0, 0.05) is 34.6 Å². The van der Waals surface area contributed by atoms with Crippen LogP contribution in [0.1, 0.15) is 135 Å². The Bertz CT molecular complexity index is 2820. The summed E-state index contributed by atoms with van der Waals surface area (Å²) in [4.78, 5) is 16.1. The summed E-state index contributed by atoms with van der Waals surface area (Å²) in [7, 11) is 0. The first-order valence-corrected chi connectivity index (χ1v) is 30.0. The van der Waals surface area contributed by atoms with Crippen LogP contribution in [0.4, 0.5) is 16.4 Å². The van der Waals surface area contributed by atoms with Gasteiger partial charge >= 0.3 is 5.97 Å². The number of nitriles is 1. The zero-order valence-electron chi connectivity index (χ0n) is 46.0. The van der Waals surface area contributed by atoms with E-state index in [9.17, 15) is 15.2 Å². The van der Waals surface area contributed by atoms with Crippen molar-refractivity contribution in [2.45, 2.75) is 130 Å². The SMILES string of the molecule is CCCCCCOc1ccc(-c2ccc(N(c3ccc(-c4ccc(OCCCCCC)cc4OCCCCCC)cc3)c3sc(-c4sc(/C=C(\C#N)C(=O)O)c5c4OCCO5)c4c3OCCO4)cc2)c(OCCCCCC)c1. The first-order valence-electron chi connectivity index (χ1n) is 28.4. The number of hydrogen-bond donors (Lipinski definition) is 1. The lowest BCUT2D eigenvalue weighted by atomic mass is 10.0. The van der Waals surface area contributed by atoms with Crippen LogP contribution in [-0.2, 0) is 4.79 Å². The number of ether oxygens (including phenoxy) is 8. The minimum absolute atomic E-state index is 0.277. The molecule has 1 N–H and O–H groups in total. The molecule has 0 atom stereocenters. The highest BCUT2D eigenvalue weighted by molar-refractivity contribution is 7.25. The topological polar surface area (TPSA) is 138 Å². The van der Waals surface area contributed by atoms with Crippen molar-refractivity contribution in [3.8, 4) is 84.1 Å². The third-order valence-electron chi connectivity index (χ3n) is 13.7. The van der Waals surface area contributed by atoms with Crippen molar-refractivity contribution in [3.05, 3.63) is 95.4 Å². The monoisotopic (exact) mass is 1100 g/mol. The summed E-state index contributed by atoms with van der Waals surface area (Å²) in [5, 5.41) is 20.3. The highest BCUT2D eigenvalue weighted by Crippen LogP contribution is 2.62. The standard InChI is InChI=1S/C64H76N2O10S2/c1-5-9-13-17-33-69-50-29-31-52(54(42-50)71-35-19-15-11-7-3)45-21-25-48(26-22-45)66(49-27-23-46(24-28-49)53-32-30-51(70-34-18-14-10-6-2)43-55(53)72-36-20-16-12-8-4)63-60-59(75-39-40-76-60)62(78-63)61-58-57(73-37-38-74-58)56(77-61)41-47(44-65)64(67)68/h21-32,41-43H,5-20,33-40H2,1-4H3,(H,67,68)/b47-41+. The van der Waals surface area contributed by atoms with Crippen LogP contribution in [-0.4, -0.2) is 63.9 Å². The normalized spacial score (nSPS) is 12.7. The Kier molecular flexibility index (Phi) is 21.9. The molecule has 78 heavy (non-hydrogen) atoms. The number of aliphatic carboxylic acids is 1. The van der Waals surface area contributed by atoms with Crippen LogP contribution < -0.4 is 42.8 Å². The summed E-state index contributed by atoms with van der Waals surface area (Å²) in [6.45, 7) is 12.7. The molecule has 0 unspecified atom stereocenters. The number of anilines is 3. The zero-order valence-corrected chi connectivity index (χ0v) is 47.6. The maximum atomic E-state index is 12.0. The summed E-state index contributed by atoms with van der Waals surface area (Å²) in [5.74, 6) is 3.85. The molecule has 4 heterocycles. The Balaban J connectivity index is 1.20. The minimum Gasteiger partial charge on any atom is -0.493 e. The fourth-order valence-corrected chi connectivity index (χ4v) is 11.9. The molecule has 6 aromatic rings. The van der Waals surface area contributed by atoms with Crippen LogP contribution in [0.5, 0.6) is 46.0 Å². The van der Waals surface area contributed by atoms with Gasteiger partial charge in [-0.15, -0.1) is 22.7 Å². The van der Waals surface area contributed by atoms with Crippen molar-refractivity contribution in [1.29, 1.82) is 5.26 Å². The number of unbranched alkanes of at least 4 members (excludes halogenated alkanes) is 12. The maximum Gasteiger partial charge on any atom is 0.346 e. The Morgan fingerprint density at radius 2 is 0.949 bits per heavy atom. The molecule has 0 aliphatic carbocycles. The summed E-state index contributed by atoms with van der Waals surface area (Å²) in [6.07, 6.45) is 19.2. The predicted octanol–water partition coefficient (Wildman–Crippen LogP) is 17.7. The van der Waals surface area contributed by atoms with E-state index in [0.29, 0.717) is 79.0 Å². The van der Waals surface area contributed by atoms with Gasteiger partial charge in [-0.2, -0.15) is 5.26 Å². The fourth-order valence-electron chi connectivity index (χ4n) is 9.45. The molecule has 4 aromatic carbocycles. The molecular weight excluding hydrogens is 1020 g/mol. The molecular formula is C64H76N2O10S2. The highest BCUT2D eigenvalue weighted by atomic mass is 32.1. The van der Waals surface area contributed by atoms with Gasteiger partial charge in [0.1, 0.15) is 66.1 Å². The van der Waals surface area contributed by atoms with Crippen molar-refractivity contribution in [3.63, 3.8) is 0 Å². The van der Waals surface area contributed by atoms with Gasteiger partial charge in [0.2, 0.25) is 0 Å². The number of rotatable bonds is 32. The first kappa shape index (κ1) is 57.4. The number of benzene rings is 4. The minimum atomic E-state index is -1.33. The summed E-state index contributed by atoms with van der Waals surface area (Å²) >= 11 is 2.77. The lowest BCUT2D eigenvalue weighted by Crippen LogP contribution is -2.17. The Hall–Kier alpha value is -6.82. The molecule has 0 radical (unpaired) electrons. The Morgan fingerprint density at radius 1 is 0.538 bits per heavy atom. The smallest absolute Gasteiger partial charge is 0.346 e. The molecule has 2 aromatic heterocycles. The van der Waals surface area contributed by atoms with Crippen molar-refractivity contribution < 1.29 is 47.8 Å². The molecule has 414 valence electrons. The quantitative estimate of drug-likeness (QED) is 0.0244. The molecule has 0 saturated carbocycles. The molecule has 0 bridgehead atoms. The van der Waals surface area contributed by atoms with Crippen LogP contribution in [0.2, 0.25) is 0 Å². The second-order valence-electron chi connectivity index (χ2n) is 19.6. The Morgan fingerprint density at radius 3 is 1.38 bits per heavy atom. The van der Waals surface area contributed by atoms with E-state index in [1.165, 1.54) is 67.3 Å². The van der Waals surface area contributed by atoms with Crippen LogP contribution in [0.15, 0.2) is 90.5 Å². The number of carbonyl (C=O) groups is 1. The van der Waals surface area contributed by atoms with Crippen LogP contribution in [0, 0.1) is 11.3 Å². The molecule has 12 nitrogen and oxygen atoms in total. The van der Waals surface area contributed by atoms with Gasteiger partial charge in [-0.05, 0) is 91.4 Å². The third kappa shape index (κ3) is 14.8. The van der Waals surface area contributed by atoms with Crippen LogP contribution in [0.3, 0.4) is 0 Å². The second kappa shape index (κ2) is 29.8. The van der Waals surface area contributed by atoms with Gasteiger partial charge in [-0.25, -0.2) is 4.79 Å². The van der Waals surface area contributed by atoms with Crippen molar-refractivity contribution in [2.75, 3.05) is 57.8 Å². The average molecular weight is 1100 g/mol. The van der Waals surface area contributed by atoms with Crippen LogP contribution in [0.25, 0.3) is 38.1 Å². The van der Waals surface area contributed by atoms with Gasteiger partial charge in [-0.3, -0.25) is 4.90 Å². The van der Waals surface area contributed by atoms with Gasteiger partial charge in [0.15, 0.2) is 23.0 Å². The molecule has 2 aliphatic rings. The van der Waals surface area contributed by atoms with Gasteiger partial charge in [0.25, 0.3) is 0 Å². The first-order chi connectivity index (χ1) is 38.3. The number of carboxylic acids is 1. The van der Waals surface area contributed by atoms with Gasteiger partial charge in [0.05, 0.1) is 41.1 Å². The third-order valence-corrected chi connectivity index (χ3v) is 16.1. The lowest BCUT2D eigenvalue weighted by Gasteiger charge is -2.26. The molecule has 14 heteroatoms. The number of carboxylic acid groups (broad SMARTS) is 1. The van der Waals surface area contributed by atoms with E-state index in [4.69, 9.17) is 37.9 Å². The van der Waals surface area contributed by atoms with E-state index in [1.807, 2.05) is 24.3 Å².